The van der Waals surface area contributed by atoms with Gasteiger partial charge in [-0.3, -0.25) is 0 Å². The van der Waals surface area contributed by atoms with E-state index in [1.807, 2.05) is 0 Å². The Kier molecular flexibility index (Phi) is 11.1. The molecule has 2 nitrogen and oxygen atoms in total. The van der Waals surface area contributed by atoms with Crippen LogP contribution in [0.5, 0.6) is 0 Å². The standard InChI is InChI=1S/C12H28N.H2O/c1-5-6-7-8-9-10-11-12-13(2,3)4;/h5-12H2,1-4H3;1H2/q+1;/p-1. The van der Waals surface area contributed by atoms with Crippen LogP contribution in [0, 0.1) is 0 Å². The van der Waals surface area contributed by atoms with Crippen LogP contribution < -0.4 is 0 Å². The number of hydrogen-bond acceptors (Lipinski definition) is 1. The molecule has 0 rings (SSSR count). The second-order valence-electron chi connectivity index (χ2n) is 5.14. The summed E-state index contributed by atoms with van der Waals surface area (Å²) in [5, 5.41) is 0. The number of nitrogens with zero attached hydrogens (tertiary/aromatic N) is 1. The van der Waals surface area contributed by atoms with Crippen LogP contribution in [0.1, 0.15) is 51.9 Å². The highest BCUT2D eigenvalue weighted by Gasteiger charge is 2.04. The highest BCUT2D eigenvalue weighted by Crippen LogP contribution is 2.07. The first-order valence-corrected chi connectivity index (χ1v) is 5.86. The van der Waals surface area contributed by atoms with Crippen LogP contribution in [0.2, 0.25) is 0 Å². The maximum atomic E-state index is 2.27. The van der Waals surface area contributed by atoms with Crippen LogP contribution in [-0.2, 0) is 0 Å². The summed E-state index contributed by atoms with van der Waals surface area (Å²) < 4.78 is 1.12. The van der Waals surface area contributed by atoms with Crippen molar-refractivity contribution < 1.29 is 9.96 Å². The number of hydrogen-bond donors (Lipinski definition) is 0. The van der Waals surface area contributed by atoms with Crippen molar-refractivity contribution in [3.05, 3.63) is 0 Å². The van der Waals surface area contributed by atoms with Crippen molar-refractivity contribution in [1.29, 1.82) is 0 Å². The lowest BCUT2D eigenvalue weighted by atomic mass is 10.1. The van der Waals surface area contributed by atoms with Crippen LogP contribution in [0.25, 0.3) is 0 Å². The topological polar surface area (TPSA) is 30.0 Å². The van der Waals surface area contributed by atoms with E-state index in [-0.39, 0.29) is 5.48 Å². The summed E-state index contributed by atoms with van der Waals surface area (Å²) in [7, 11) is 6.82. The first-order chi connectivity index (χ1) is 6.06. The van der Waals surface area contributed by atoms with E-state index in [9.17, 15) is 0 Å². The molecule has 0 spiro atoms. The highest BCUT2D eigenvalue weighted by atomic mass is 16.0. The molecule has 0 unspecified atom stereocenters. The lowest BCUT2D eigenvalue weighted by Gasteiger charge is -2.23. The van der Waals surface area contributed by atoms with Gasteiger partial charge in [0.25, 0.3) is 0 Å². The van der Waals surface area contributed by atoms with E-state index in [0.717, 1.165) is 4.48 Å². The summed E-state index contributed by atoms with van der Waals surface area (Å²) in [6, 6.07) is 0. The van der Waals surface area contributed by atoms with Crippen LogP contribution in [0.3, 0.4) is 0 Å². The fourth-order valence-electron chi connectivity index (χ4n) is 1.54. The minimum atomic E-state index is 0. The van der Waals surface area contributed by atoms with E-state index in [2.05, 4.69) is 28.1 Å². The smallest absolute Gasteiger partial charge is 0.0780 e. The first kappa shape index (κ1) is 16.4. The maximum Gasteiger partial charge on any atom is 0.0780 e. The molecule has 1 N–H and O–H groups in total. The average Bonchev–Trinajstić information content (AvgIpc) is 2.01. The number of unbranched alkanes of at least 4 members (excludes halogenated alkanes) is 6. The van der Waals surface area contributed by atoms with Crippen molar-refractivity contribution in [2.24, 2.45) is 0 Å². The zero-order valence-electron chi connectivity index (χ0n) is 10.6. The Morgan fingerprint density at radius 1 is 0.714 bits per heavy atom. The van der Waals surface area contributed by atoms with Crippen LogP contribution in [0.15, 0.2) is 0 Å². The summed E-state index contributed by atoms with van der Waals surface area (Å²) in [4.78, 5) is 0. The van der Waals surface area contributed by atoms with Crippen LogP contribution in [0.4, 0.5) is 0 Å². The van der Waals surface area contributed by atoms with Crippen molar-refractivity contribution in [2.75, 3.05) is 27.7 Å². The molecule has 0 aromatic rings. The van der Waals surface area contributed by atoms with Gasteiger partial charge in [-0.05, 0) is 12.8 Å². The third-order valence-electron chi connectivity index (χ3n) is 2.43. The molecule has 0 aromatic heterocycles. The lowest BCUT2D eigenvalue weighted by molar-refractivity contribution is -0.870. The quantitative estimate of drug-likeness (QED) is 0.440. The molecule has 0 atom stereocenters. The van der Waals surface area contributed by atoms with E-state index in [4.69, 9.17) is 0 Å². The molecular formula is C12H29NO. The fraction of sp³-hybridized carbons (Fsp3) is 1.00. The van der Waals surface area contributed by atoms with E-state index in [1.165, 1.54) is 51.5 Å². The fourth-order valence-corrected chi connectivity index (χ4v) is 1.54. The Bertz CT molecular complexity index is 107. The molecule has 14 heavy (non-hydrogen) atoms. The van der Waals surface area contributed by atoms with Gasteiger partial charge in [0.15, 0.2) is 0 Å². The molecule has 88 valence electrons. The highest BCUT2D eigenvalue weighted by molar-refractivity contribution is 4.44. The van der Waals surface area contributed by atoms with Crippen LogP contribution >= 0.6 is 0 Å². The maximum absolute atomic E-state index is 2.27. The summed E-state index contributed by atoms with van der Waals surface area (Å²) in [5.74, 6) is 0. The second-order valence-corrected chi connectivity index (χ2v) is 5.14. The van der Waals surface area contributed by atoms with Gasteiger partial charge in [-0.1, -0.05) is 39.0 Å². The lowest BCUT2D eigenvalue weighted by Crippen LogP contribution is -2.35. The Morgan fingerprint density at radius 3 is 1.57 bits per heavy atom. The largest absolute Gasteiger partial charge is 0.870 e. The molecule has 0 aliphatic rings. The predicted octanol–water partition coefficient (Wildman–Crippen LogP) is 3.27. The Labute approximate surface area is 90.2 Å². The van der Waals surface area contributed by atoms with Crippen molar-refractivity contribution in [2.45, 2.75) is 51.9 Å². The summed E-state index contributed by atoms with van der Waals surface area (Å²) in [5.41, 5.74) is 0. The number of quaternary nitrogens is 1. The molecule has 0 radical (unpaired) electrons. The first-order valence-electron chi connectivity index (χ1n) is 5.86. The molecule has 0 saturated carbocycles. The zero-order chi connectivity index (χ0) is 10.2. The van der Waals surface area contributed by atoms with Crippen molar-refractivity contribution in [3.63, 3.8) is 0 Å². The van der Waals surface area contributed by atoms with Gasteiger partial charge >= 0.3 is 0 Å². The third kappa shape index (κ3) is 14.4. The van der Waals surface area contributed by atoms with Gasteiger partial charge in [0.05, 0.1) is 27.7 Å². The molecule has 0 fully saturated rings. The Morgan fingerprint density at radius 2 is 1.14 bits per heavy atom. The van der Waals surface area contributed by atoms with Gasteiger partial charge in [0.1, 0.15) is 0 Å². The summed E-state index contributed by atoms with van der Waals surface area (Å²) in [6.07, 6.45) is 9.95. The summed E-state index contributed by atoms with van der Waals surface area (Å²) in [6.45, 7) is 3.60. The monoisotopic (exact) mass is 203 g/mol. The predicted molar refractivity (Wildman–Crippen MR) is 62.8 cm³/mol. The molecule has 0 amide bonds. The molecule has 0 heterocycles. The minimum Gasteiger partial charge on any atom is -0.870 e. The second kappa shape index (κ2) is 9.47. The molecule has 0 aliphatic heterocycles. The average molecular weight is 203 g/mol. The molecular weight excluding hydrogens is 174 g/mol. The Balaban J connectivity index is 0. The SMILES string of the molecule is CCCCCCCCC[N+](C)(C)C.[OH-]. The van der Waals surface area contributed by atoms with E-state index >= 15 is 0 Å². The van der Waals surface area contributed by atoms with Crippen molar-refractivity contribution >= 4 is 0 Å². The third-order valence-corrected chi connectivity index (χ3v) is 2.43. The van der Waals surface area contributed by atoms with E-state index in [1.54, 1.807) is 0 Å². The van der Waals surface area contributed by atoms with E-state index < -0.39 is 0 Å². The molecule has 0 aliphatic carbocycles. The van der Waals surface area contributed by atoms with Gasteiger partial charge in [-0.15, -0.1) is 0 Å². The van der Waals surface area contributed by atoms with Gasteiger partial charge in [-0.2, -0.15) is 0 Å². The molecule has 0 bridgehead atoms. The van der Waals surface area contributed by atoms with Gasteiger partial charge < -0.3 is 9.96 Å². The number of rotatable bonds is 8. The van der Waals surface area contributed by atoms with Crippen molar-refractivity contribution in [3.8, 4) is 0 Å². The minimum absolute atomic E-state index is 0. The normalized spacial score (nSPS) is 11.1. The van der Waals surface area contributed by atoms with Gasteiger partial charge in [-0.25, -0.2) is 0 Å². The molecule has 2 heteroatoms. The molecule has 0 saturated heterocycles. The van der Waals surface area contributed by atoms with Gasteiger partial charge in [0.2, 0.25) is 0 Å². The van der Waals surface area contributed by atoms with Crippen molar-refractivity contribution in [1.82, 2.24) is 0 Å². The van der Waals surface area contributed by atoms with E-state index in [0.29, 0.717) is 0 Å². The Hall–Kier alpha value is -0.0800. The molecule has 0 aromatic carbocycles. The summed E-state index contributed by atoms with van der Waals surface area (Å²) >= 11 is 0. The zero-order valence-corrected chi connectivity index (χ0v) is 10.6. The van der Waals surface area contributed by atoms with Crippen LogP contribution in [-0.4, -0.2) is 37.6 Å². The van der Waals surface area contributed by atoms with Gasteiger partial charge in [0, 0.05) is 0 Å².